The number of amides is 1. The normalized spacial score (nSPS) is 28.6. The van der Waals surface area contributed by atoms with Crippen molar-refractivity contribution in [2.24, 2.45) is 11.7 Å². The van der Waals surface area contributed by atoms with E-state index < -0.39 is 0 Å². The minimum Gasteiger partial charge on any atom is -0.353 e. The van der Waals surface area contributed by atoms with Gasteiger partial charge in [0.1, 0.15) is 0 Å². The van der Waals surface area contributed by atoms with E-state index in [0.717, 1.165) is 32.1 Å². The largest absolute Gasteiger partial charge is 0.353 e. The van der Waals surface area contributed by atoms with E-state index in [9.17, 15) is 4.79 Å². The third-order valence-electron chi connectivity index (χ3n) is 4.66. The Morgan fingerprint density at radius 3 is 3.00 bits per heavy atom. The molecule has 0 saturated heterocycles. The summed E-state index contributed by atoms with van der Waals surface area (Å²) in [6.45, 7) is 0.694. The number of thiophene rings is 1. The molecule has 0 bridgehead atoms. The van der Waals surface area contributed by atoms with Gasteiger partial charge in [0.2, 0.25) is 5.91 Å². The van der Waals surface area contributed by atoms with Crippen molar-refractivity contribution in [3.63, 3.8) is 0 Å². The van der Waals surface area contributed by atoms with Gasteiger partial charge in [-0.3, -0.25) is 4.79 Å². The summed E-state index contributed by atoms with van der Waals surface area (Å²) in [5, 5.41) is 5.39. The van der Waals surface area contributed by atoms with Crippen LogP contribution in [0.2, 0.25) is 0 Å². The first kappa shape index (κ1) is 15.8. The maximum atomic E-state index is 12.5. The molecule has 1 amide bonds. The van der Waals surface area contributed by atoms with Gasteiger partial charge in [-0.25, -0.2) is 0 Å². The lowest BCUT2D eigenvalue weighted by Gasteiger charge is -2.26. The van der Waals surface area contributed by atoms with Gasteiger partial charge in [-0.15, -0.1) is 23.7 Å². The Labute approximate surface area is 130 Å². The number of fused-ring (bicyclic) bond motifs is 1. The molecular weight excluding hydrogens is 292 g/mol. The summed E-state index contributed by atoms with van der Waals surface area (Å²) in [5.74, 6) is 0.785. The fourth-order valence-electron chi connectivity index (χ4n) is 3.55. The van der Waals surface area contributed by atoms with Crippen molar-refractivity contribution in [1.29, 1.82) is 0 Å². The highest BCUT2D eigenvalue weighted by Gasteiger charge is 2.32. The molecule has 2 aliphatic carbocycles. The Balaban J connectivity index is 0.00000147. The van der Waals surface area contributed by atoms with E-state index in [4.69, 9.17) is 5.73 Å². The Bertz CT molecular complexity index is 462. The number of nitrogens with one attached hydrogen (secondary N) is 1. The molecule has 1 aromatic rings. The molecule has 5 heteroatoms. The zero-order valence-corrected chi connectivity index (χ0v) is 13.3. The highest BCUT2D eigenvalue weighted by Crippen LogP contribution is 2.35. The summed E-state index contributed by atoms with van der Waals surface area (Å²) in [7, 11) is 0. The van der Waals surface area contributed by atoms with Gasteiger partial charge in [-0.05, 0) is 61.6 Å². The fourth-order valence-corrected chi connectivity index (χ4v) is 4.54. The topological polar surface area (TPSA) is 55.1 Å². The molecule has 3 rings (SSSR count). The van der Waals surface area contributed by atoms with Crippen LogP contribution in [0, 0.1) is 5.92 Å². The molecule has 1 saturated carbocycles. The summed E-state index contributed by atoms with van der Waals surface area (Å²) in [6.07, 6.45) is 6.73. The third kappa shape index (κ3) is 3.02. The van der Waals surface area contributed by atoms with Gasteiger partial charge < -0.3 is 11.1 Å². The summed E-state index contributed by atoms with van der Waals surface area (Å²) >= 11 is 1.79. The second-order valence-electron chi connectivity index (χ2n) is 5.79. The number of nitrogens with two attached hydrogens (primary N) is 1. The molecule has 1 aromatic heterocycles. The van der Waals surface area contributed by atoms with Crippen molar-refractivity contribution < 1.29 is 4.79 Å². The number of rotatable bonds is 3. The molecular formula is C15H23ClN2OS. The quantitative estimate of drug-likeness (QED) is 0.901. The molecule has 20 heavy (non-hydrogen) atoms. The minimum atomic E-state index is 0. The monoisotopic (exact) mass is 314 g/mol. The van der Waals surface area contributed by atoms with Gasteiger partial charge in [-0.2, -0.15) is 0 Å². The summed E-state index contributed by atoms with van der Waals surface area (Å²) in [5.41, 5.74) is 7.06. The van der Waals surface area contributed by atoms with Gasteiger partial charge in [0.25, 0.3) is 0 Å². The van der Waals surface area contributed by atoms with Crippen LogP contribution >= 0.6 is 23.7 Å². The van der Waals surface area contributed by atoms with Crippen molar-refractivity contribution in [3.8, 4) is 0 Å². The molecule has 3 atom stereocenters. The highest BCUT2D eigenvalue weighted by atomic mass is 35.5. The summed E-state index contributed by atoms with van der Waals surface area (Å²) in [4.78, 5) is 13.9. The average molecular weight is 315 g/mol. The molecule has 1 heterocycles. The predicted molar refractivity (Wildman–Crippen MR) is 85.6 cm³/mol. The summed E-state index contributed by atoms with van der Waals surface area (Å²) in [6, 6.07) is 2.44. The predicted octanol–water partition coefficient (Wildman–Crippen LogP) is 2.83. The smallest absolute Gasteiger partial charge is 0.227 e. The maximum Gasteiger partial charge on any atom is 0.227 e. The van der Waals surface area contributed by atoms with E-state index in [1.165, 1.54) is 16.9 Å². The van der Waals surface area contributed by atoms with Crippen LogP contribution in [0.5, 0.6) is 0 Å². The molecule has 3 unspecified atom stereocenters. The second-order valence-corrected chi connectivity index (χ2v) is 6.79. The van der Waals surface area contributed by atoms with Crippen LogP contribution in [0.3, 0.4) is 0 Å². The molecule has 3 nitrogen and oxygen atoms in total. The lowest BCUT2D eigenvalue weighted by atomic mass is 9.86. The first-order valence-corrected chi connectivity index (χ1v) is 8.24. The van der Waals surface area contributed by atoms with Crippen LogP contribution in [0.15, 0.2) is 11.4 Å². The Morgan fingerprint density at radius 2 is 2.20 bits per heavy atom. The maximum absolute atomic E-state index is 12.5. The molecule has 2 aliphatic rings. The number of aryl methyl sites for hydroxylation is 1. The fraction of sp³-hybridized carbons (Fsp3) is 0.667. The van der Waals surface area contributed by atoms with Crippen LogP contribution in [-0.4, -0.2) is 18.5 Å². The molecule has 0 aromatic carbocycles. The molecule has 3 N–H and O–H groups in total. The summed E-state index contributed by atoms with van der Waals surface area (Å²) < 4.78 is 0. The van der Waals surface area contributed by atoms with E-state index in [1.54, 1.807) is 11.3 Å². The Morgan fingerprint density at radius 1 is 1.35 bits per heavy atom. The lowest BCUT2D eigenvalue weighted by molar-refractivity contribution is -0.123. The van der Waals surface area contributed by atoms with Crippen LogP contribution in [0.25, 0.3) is 0 Å². The number of carbonyl (C=O) groups excluding carboxylic acids is 1. The Kier molecular flexibility index (Phi) is 5.47. The number of carbonyl (C=O) groups is 1. The SMILES string of the molecule is Cl.NCC1CCCC1NC(=O)C1CCCc2sccc21. The van der Waals surface area contributed by atoms with Crippen LogP contribution in [0.1, 0.15) is 48.5 Å². The van der Waals surface area contributed by atoms with E-state index in [-0.39, 0.29) is 24.2 Å². The Hall–Kier alpha value is -0.580. The van der Waals surface area contributed by atoms with Crippen molar-refractivity contribution in [2.45, 2.75) is 50.5 Å². The molecule has 0 radical (unpaired) electrons. The van der Waals surface area contributed by atoms with Crippen molar-refractivity contribution in [2.75, 3.05) is 6.54 Å². The van der Waals surface area contributed by atoms with E-state index >= 15 is 0 Å². The van der Waals surface area contributed by atoms with Crippen LogP contribution in [-0.2, 0) is 11.2 Å². The highest BCUT2D eigenvalue weighted by molar-refractivity contribution is 7.10. The molecule has 0 aliphatic heterocycles. The first-order chi connectivity index (χ1) is 9.29. The number of hydrogen-bond donors (Lipinski definition) is 2. The van der Waals surface area contributed by atoms with Gasteiger partial charge in [0.05, 0.1) is 5.92 Å². The first-order valence-electron chi connectivity index (χ1n) is 7.36. The zero-order chi connectivity index (χ0) is 13.2. The van der Waals surface area contributed by atoms with E-state index in [2.05, 4.69) is 16.8 Å². The lowest BCUT2D eigenvalue weighted by Crippen LogP contribution is -2.42. The van der Waals surface area contributed by atoms with Crippen molar-refractivity contribution >= 4 is 29.7 Å². The average Bonchev–Trinajstić information content (AvgIpc) is 3.05. The van der Waals surface area contributed by atoms with E-state index in [1.807, 2.05) is 0 Å². The minimum absolute atomic E-state index is 0. The van der Waals surface area contributed by atoms with Gasteiger partial charge >= 0.3 is 0 Å². The molecule has 112 valence electrons. The van der Waals surface area contributed by atoms with E-state index in [0.29, 0.717) is 18.5 Å². The number of halogens is 1. The third-order valence-corrected chi connectivity index (χ3v) is 5.65. The van der Waals surface area contributed by atoms with Gasteiger partial charge in [0, 0.05) is 10.9 Å². The second kappa shape index (κ2) is 6.92. The standard InChI is InChI=1S/C15H22N2OS.ClH/c16-9-10-3-1-5-13(10)17-15(18)12-4-2-6-14-11(12)7-8-19-14;/h7-8,10,12-13H,1-6,9,16H2,(H,17,18);1H. The van der Waals surface area contributed by atoms with Gasteiger partial charge in [0.15, 0.2) is 0 Å². The molecule has 0 spiro atoms. The van der Waals surface area contributed by atoms with Gasteiger partial charge in [-0.1, -0.05) is 6.42 Å². The number of hydrogen-bond acceptors (Lipinski definition) is 3. The van der Waals surface area contributed by atoms with Crippen molar-refractivity contribution in [1.82, 2.24) is 5.32 Å². The van der Waals surface area contributed by atoms with Crippen LogP contribution in [0.4, 0.5) is 0 Å². The van der Waals surface area contributed by atoms with Crippen molar-refractivity contribution in [3.05, 3.63) is 21.9 Å². The zero-order valence-electron chi connectivity index (χ0n) is 11.6. The molecule has 1 fully saturated rings. The van der Waals surface area contributed by atoms with Crippen LogP contribution < -0.4 is 11.1 Å².